The van der Waals surface area contributed by atoms with Crippen molar-refractivity contribution < 1.29 is 13.2 Å². The molecule has 0 bridgehead atoms. The average Bonchev–Trinajstić information content (AvgIpc) is 3.11. The monoisotopic (exact) mass is 265 g/mol. The van der Waals surface area contributed by atoms with Crippen molar-refractivity contribution >= 4 is 11.0 Å². The van der Waals surface area contributed by atoms with Gasteiger partial charge in [-0.1, -0.05) is 13.3 Å². The summed E-state index contributed by atoms with van der Waals surface area (Å²) in [4.78, 5) is 0. The number of rotatable bonds is 5. The Balaban J connectivity index is 2.03. The number of hydrogen-bond donors (Lipinski definition) is 1. The maximum absolute atomic E-state index is 13.9. The molecular weight excluding hydrogens is 248 g/mol. The lowest BCUT2D eigenvalue weighted by atomic mass is 10.1. The zero-order chi connectivity index (χ0) is 13.4. The van der Waals surface area contributed by atoms with Gasteiger partial charge in [0, 0.05) is 23.7 Å². The van der Waals surface area contributed by atoms with Crippen LogP contribution in [0.4, 0.5) is 8.78 Å². The fraction of sp³-hybridized carbons (Fsp3) is 0.467. The Kier molecular flexibility index (Phi) is 3.27. The molecule has 1 heterocycles. The minimum absolute atomic E-state index is 0.313. The molecule has 1 N–H and O–H groups in total. The van der Waals surface area contributed by atoms with Crippen LogP contribution < -0.4 is 5.32 Å². The van der Waals surface area contributed by atoms with Gasteiger partial charge in [0.05, 0.1) is 11.9 Å². The highest BCUT2D eigenvalue weighted by molar-refractivity contribution is 5.83. The first-order chi connectivity index (χ1) is 9.19. The third kappa shape index (κ3) is 2.50. The SMILES string of the molecule is CCCc1c(CNC2CC2)oc2cc(F)cc(F)c12. The summed E-state index contributed by atoms with van der Waals surface area (Å²) in [5.74, 6) is -0.378. The van der Waals surface area contributed by atoms with Crippen LogP contribution in [-0.2, 0) is 13.0 Å². The van der Waals surface area contributed by atoms with Gasteiger partial charge in [-0.2, -0.15) is 0 Å². The van der Waals surface area contributed by atoms with Gasteiger partial charge >= 0.3 is 0 Å². The Morgan fingerprint density at radius 2 is 2.11 bits per heavy atom. The van der Waals surface area contributed by atoms with Gasteiger partial charge in [-0.3, -0.25) is 0 Å². The Morgan fingerprint density at radius 3 is 2.79 bits per heavy atom. The van der Waals surface area contributed by atoms with E-state index in [0.717, 1.165) is 30.2 Å². The van der Waals surface area contributed by atoms with E-state index in [9.17, 15) is 8.78 Å². The predicted octanol–water partition coefficient (Wildman–Crippen LogP) is 3.92. The molecule has 1 saturated carbocycles. The van der Waals surface area contributed by atoms with E-state index in [0.29, 0.717) is 23.6 Å². The minimum atomic E-state index is -0.594. The van der Waals surface area contributed by atoms with Crippen molar-refractivity contribution in [1.82, 2.24) is 5.32 Å². The third-order valence-corrected chi connectivity index (χ3v) is 3.52. The van der Waals surface area contributed by atoms with Gasteiger partial charge in [0.1, 0.15) is 23.0 Å². The maximum Gasteiger partial charge on any atom is 0.140 e. The largest absolute Gasteiger partial charge is 0.459 e. The molecule has 0 radical (unpaired) electrons. The summed E-state index contributed by atoms with van der Waals surface area (Å²) in [6, 6.07) is 2.75. The van der Waals surface area contributed by atoms with Crippen molar-refractivity contribution in [2.24, 2.45) is 0 Å². The molecular formula is C15H17F2NO. The fourth-order valence-electron chi connectivity index (χ4n) is 2.44. The van der Waals surface area contributed by atoms with E-state index in [-0.39, 0.29) is 0 Å². The zero-order valence-corrected chi connectivity index (χ0v) is 10.9. The molecule has 0 saturated heterocycles. The van der Waals surface area contributed by atoms with Gasteiger partial charge < -0.3 is 9.73 Å². The molecule has 102 valence electrons. The van der Waals surface area contributed by atoms with Crippen LogP contribution >= 0.6 is 0 Å². The number of aryl methyl sites for hydroxylation is 1. The molecule has 1 aliphatic carbocycles. The van der Waals surface area contributed by atoms with E-state index < -0.39 is 11.6 Å². The molecule has 1 aliphatic rings. The normalized spacial score (nSPS) is 15.3. The molecule has 4 heteroatoms. The Labute approximate surface area is 110 Å². The van der Waals surface area contributed by atoms with Gasteiger partial charge in [-0.25, -0.2) is 8.78 Å². The van der Waals surface area contributed by atoms with Gasteiger partial charge in [-0.15, -0.1) is 0 Å². The smallest absolute Gasteiger partial charge is 0.140 e. The molecule has 1 aromatic heterocycles. The Hall–Kier alpha value is -1.42. The Bertz CT molecular complexity index is 602. The molecule has 0 unspecified atom stereocenters. The topological polar surface area (TPSA) is 25.2 Å². The second-order valence-electron chi connectivity index (χ2n) is 5.17. The maximum atomic E-state index is 13.9. The highest BCUT2D eigenvalue weighted by Crippen LogP contribution is 2.31. The molecule has 0 amide bonds. The highest BCUT2D eigenvalue weighted by Gasteiger charge is 2.23. The summed E-state index contributed by atoms with van der Waals surface area (Å²) >= 11 is 0. The summed E-state index contributed by atoms with van der Waals surface area (Å²) in [5.41, 5.74) is 1.19. The average molecular weight is 265 g/mol. The summed E-state index contributed by atoms with van der Waals surface area (Å²) in [5, 5.41) is 3.80. The van der Waals surface area contributed by atoms with Crippen LogP contribution in [-0.4, -0.2) is 6.04 Å². The fourth-order valence-corrected chi connectivity index (χ4v) is 2.44. The minimum Gasteiger partial charge on any atom is -0.459 e. The molecule has 1 aromatic carbocycles. The summed E-state index contributed by atoms with van der Waals surface area (Å²) < 4.78 is 32.8. The standard InChI is InChI=1S/C15H17F2NO/c1-2-3-11-14(8-18-10-4-5-10)19-13-7-9(16)6-12(17)15(11)13/h6-7,10,18H,2-5,8H2,1H3. The van der Waals surface area contributed by atoms with Gasteiger partial charge in [0.2, 0.25) is 0 Å². The summed E-state index contributed by atoms with van der Waals surface area (Å²) in [7, 11) is 0. The molecule has 3 rings (SSSR count). The van der Waals surface area contributed by atoms with E-state index in [2.05, 4.69) is 5.32 Å². The number of fused-ring (bicyclic) bond motifs is 1. The van der Waals surface area contributed by atoms with Crippen molar-refractivity contribution in [1.29, 1.82) is 0 Å². The second kappa shape index (κ2) is 4.93. The van der Waals surface area contributed by atoms with Crippen LogP contribution in [0.3, 0.4) is 0 Å². The van der Waals surface area contributed by atoms with Crippen molar-refractivity contribution in [2.75, 3.05) is 0 Å². The number of hydrogen-bond acceptors (Lipinski definition) is 2. The number of halogens is 2. The molecule has 0 aliphatic heterocycles. The van der Waals surface area contributed by atoms with E-state index in [1.54, 1.807) is 0 Å². The van der Waals surface area contributed by atoms with Crippen LogP contribution in [0.15, 0.2) is 16.5 Å². The molecule has 19 heavy (non-hydrogen) atoms. The molecule has 0 atom stereocenters. The first-order valence-electron chi connectivity index (χ1n) is 6.81. The van der Waals surface area contributed by atoms with Gasteiger partial charge in [0.15, 0.2) is 0 Å². The van der Waals surface area contributed by atoms with Gasteiger partial charge in [-0.05, 0) is 19.3 Å². The lowest BCUT2D eigenvalue weighted by molar-refractivity contribution is 0.503. The van der Waals surface area contributed by atoms with Crippen LogP contribution in [0.1, 0.15) is 37.5 Å². The number of furan rings is 1. The first kappa shape index (κ1) is 12.6. The van der Waals surface area contributed by atoms with Crippen LogP contribution in [0, 0.1) is 11.6 Å². The molecule has 2 nitrogen and oxygen atoms in total. The Morgan fingerprint density at radius 1 is 1.32 bits per heavy atom. The van der Waals surface area contributed by atoms with Crippen LogP contribution in [0.5, 0.6) is 0 Å². The molecule has 1 fully saturated rings. The second-order valence-corrected chi connectivity index (χ2v) is 5.17. The first-order valence-corrected chi connectivity index (χ1v) is 6.81. The lowest BCUT2D eigenvalue weighted by Crippen LogP contribution is -2.15. The summed E-state index contributed by atoms with van der Waals surface area (Å²) in [6.45, 7) is 2.63. The van der Waals surface area contributed by atoms with Crippen molar-refractivity contribution in [3.05, 3.63) is 35.1 Å². The van der Waals surface area contributed by atoms with Crippen molar-refractivity contribution in [3.8, 4) is 0 Å². The lowest BCUT2D eigenvalue weighted by Gasteiger charge is -2.03. The van der Waals surface area contributed by atoms with Crippen LogP contribution in [0.2, 0.25) is 0 Å². The highest BCUT2D eigenvalue weighted by atomic mass is 19.1. The van der Waals surface area contributed by atoms with Gasteiger partial charge in [0.25, 0.3) is 0 Å². The van der Waals surface area contributed by atoms with E-state index in [1.165, 1.54) is 18.9 Å². The number of benzene rings is 1. The van der Waals surface area contributed by atoms with Crippen LogP contribution in [0.25, 0.3) is 11.0 Å². The van der Waals surface area contributed by atoms with E-state index in [1.807, 2.05) is 6.92 Å². The summed E-state index contributed by atoms with van der Waals surface area (Å²) in [6.07, 6.45) is 4.03. The zero-order valence-electron chi connectivity index (χ0n) is 10.9. The van der Waals surface area contributed by atoms with E-state index >= 15 is 0 Å². The third-order valence-electron chi connectivity index (χ3n) is 3.52. The molecule has 2 aromatic rings. The van der Waals surface area contributed by atoms with E-state index in [4.69, 9.17) is 4.42 Å². The number of nitrogens with one attached hydrogen (secondary N) is 1. The van der Waals surface area contributed by atoms with Crippen molar-refractivity contribution in [3.63, 3.8) is 0 Å². The predicted molar refractivity (Wildman–Crippen MR) is 70.0 cm³/mol. The quantitative estimate of drug-likeness (QED) is 0.886. The van der Waals surface area contributed by atoms with Crippen molar-refractivity contribution in [2.45, 2.75) is 45.2 Å². The molecule has 0 spiro atoms.